The third kappa shape index (κ3) is 5.99. The molecular formula is C19H37N. The summed E-state index contributed by atoms with van der Waals surface area (Å²) in [5, 5.41) is 3.73. The van der Waals surface area contributed by atoms with Crippen LogP contribution in [0.4, 0.5) is 0 Å². The molecule has 0 spiro atoms. The molecule has 1 saturated carbocycles. The van der Waals surface area contributed by atoms with E-state index in [0.717, 1.165) is 17.8 Å². The number of rotatable bonds is 5. The van der Waals surface area contributed by atoms with E-state index in [9.17, 15) is 0 Å². The lowest BCUT2D eigenvalue weighted by atomic mass is 9.64. The summed E-state index contributed by atoms with van der Waals surface area (Å²) < 4.78 is 0. The molecule has 0 radical (unpaired) electrons. The van der Waals surface area contributed by atoms with Crippen LogP contribution in [-0.4, -0.2) is 12.1 Å². The Balaban J connectivity index is 2.62. The largest absolute Gasteiger partial charge is 0.312 e. The summed E-state index contributed by atoms with van der Waals surface area (Å²) >= 11 is 0. The van der Waals surface area contributed by atoms with E-state index in [2.05, 4.69) is 59.5 Å². The van der Waals surface area contributed by atoms with Crippen LogP contribution in [-0.2, 0) is 0 Å². The molecule has 0 aromatic carbocycles. The smallest absolute Gasteiger partial charge is 0.00966 e. The summed E-state index contributed by atoms with van der Waals surface area (Å²) in [4.78, 5) is 0. The Morgan fingerprint density at radius 3 is 2.20 bits per heavy atom. The molecule has 0 aromatic heterocycles. The van der Waals surface area contributed by atoms with Gasteiger partial charge < -0.3 is 5.32 Å². The molecule has 1 aliphatic rings. The van der Waals surface area contributed by atoms with Crippen LogP contribution in [0.15, 0.2) is 12.7 Å². The zero-order valence-corrected chi connectivity index (χ0v) is 14.8. The van der Waals surface area contributed by atoms with Gasteiger partial charge in [-0.15, -0.1) is 6.58 Å². The third-order valence-electron chi connectivity index (χ3n) is 5.00. The molecule has 0 saturated heterocycles. The van der Waals surface area contributed by atoms with Crippen molar-refractivity contribution >= 4 is 0 Å². The van der Waals surface area contributed by atoms with Gasteiger partial charge >= 0.3 is 0 Å². The quantitative estimate of drug-likeness (QED) is 0.663. The fourth-order valence-electron chi connectivity index (χ4n) is 3.50. The van der Waals surface area contributed by atoms with Crippen molar-refractivity contribution < 1.29 is 0 Å². The summed E-state index contributed by atoms with van der Waals surface area (Å²) in [6.45, 7) is 19.1. The van der Waals surface area contributed by atoms with Gasteiger partial charge in [-0.25, -0.2) is 0 Å². The van der Waals surface area contributed by atoms with Crippen molar-refractivity contribution in [3.63, 3.8) is 0 Å². The van der Waals surface area contributed by atoms with Crippen molar-refractivity contribution in [2.75, 3.05) is 6.54 Å². The van der Waals surface area contributed by atoms with E-state index >= 15 is 0 Å². The Labute approximate surface area is 127 Å². The van der Waals surface area contributed by atoms with E-state index in [4.69, 9.17) is 0 Å². The molecule has 0 bridgehead atoms. The zero-order valence-electron chi connectivity index (χ0n) is 14.8. The van der Waals surface area contributed by atoms with Crippen LogP contribution in [0, 0.1) is 23.2 Å². The highest BCUT2D eigenvalue weighted by atomic mass is 14.9. The summed E-state index contributed by atoms with van der Waals surface area (Å²) in [7, 11) is 0. The molecule has 1 heteroatoms. The lowest BCUT2D eigenvalue weighted by Crippen LogP contribution is -2.43. The second-order valence-electron chi connectivity index (χ2n) is 8.89. The van der Waals surface area contributed by atoms with Gasteiger partial charge in [-0.2, -0.15) is 0 Å². The van der Waals surface area contributed by atoms with Gasteiger partial charge in [0.15, 0.2) is 0 Å². The standard InChI is InChI=1S/C19H37N/c1-8-9-10-15-13-17(18(2,3)4)12-11-16(15)14-20-19(5,6)7/h8,15-17,20H,1,9-14H2,2-7H3. The third-order valence-corrected chi connectivity index (χ3v) is 5.00. The predicted molar refractivity (Wildman–Crippen MR) is 91.0 cm³/mol. The molecule has 118 valence electrons. The highest BCUT2D eigenvalue weighted by Crippen LogP contribution is 2.44. The monoisotopic (exact) mass is 279 g/mol. The van der Waals surface area contributed by atoms with Crippen LogP contribution < -0.4 is 5.32 Å². The van der Waals surface area contributed by atoms with E-state index in [-0.39, 0.29) is 5.54 Å². The second kappa shape index (κ2) is 7.11. The maximum Gasteiger partial charge on any atom is 0.00966 e. The summed E-state index contributed by atoms with van der Waals surface area (Å²) in [5.41, 5.74) is 0.707. The highest BCUT2D eigenvalue weighted by molar-refractivity contribution is 4.88. The van der Waals surface area contributed by atoms with Gasteiger partial charge in [0.1, 0.15) is 0 Å². The van der Waals surface area contributed by atoms with E-state index in [1.807, 2.05) is 0 Å². The van der Waals surface area contributed by atoms with Crippen molar-refractivity contribution in [1.82, 2.24) is 5.32 Å². The van der Waals surface area contributed by atoms with Gasteiger partial charge in [0.05, 0.1) is 0 Å². The molecule has 0 aromatic rings. The van der Waals surface area contributed by atoms with Crippen molar-refractivity contribution in [2.45, 2.75) is 79.2 Å². The average Bonchev–Trinajstić information content (AvgIpc) is 2.32. The summed E-state index contributed by atoms with van der Waals surface area (Å²) in [5.74, 6) is 2.62. The Bertz CT molecular complexity index is 292. The molecule has 1 aliphatic carbocycles. The van der Waals surface area contributed by atoms with Crippen LogP contribution >= 0.6 is 0 Å². The van der Waals surface area contributed by atoms with Crippen molar-refractivity contribution in [3.8, 4) is 0 Å². The SMILES string of the molecule is C=CCCC1CC(C(C)(C)C)CCC1CNC(C)(C)C. The minimum absolute atomic E-state index is 0.240. The second-order valence-corrected chi connectivity index (χ2v) is 8.89. The predicted octanol–water partition coefficient (Wildman–Crippen LogP) is 5.42. The normalized spacial score (nSPS) is 28.4. The molecule has 1 nitrogen and oxygen atoms in total. The van der Waals surface area contributed by atoms with Crippen LogP contribution in [0.1, 0.15) is 73.6 Å². The average molecular weight is 280 g/mol. The zero-order chi connectivity index (χ0) is 15.4. The van der Waals surface area contributed by atoms with Gasteiger partial charge in [0.2, 0.25) is 0 Å². The summed E-state index contributed by atoms with van der Waals surface area (Å²) in [6, 6.07) is 0. The fourth-order valence-corrected chi connectivity index (χ4v) is 3.50. The molecule has 0 heterocycles. The molecule has 3 atom stereocenters. The van der Waals surface area contributed by atoms with Crippen molar-refractivity contribution in [3.05, 3.63) is 12.7 Å². The van der Waals surface area contributed by atoms with E-state index in [0.29, 0.717) is 5.41 Å². The molecular weight excluding hydrogens is 242 g/mol. The molecule has 1 fully saturated rings. The Morgan fingerprint density at radius 2 is 1.70 bits per heavy atom. The molecule has 1 rings (SSSR count). The minimum Gasteiger partial charge on any atom is -0.312 e. The number of hydrogen-bond acceptors (Lipinski definition) is 1. The molecule has 3 unspecified atom stereocenters. The first-order valence-electron chi connectivity index (χ1n) is 8.49. The molecule has 1 N–H and O–H groups in total. The minimum atomic E-state index is 0.240. The fraction of sp³-hybridized carbons (Fsp3) is 0.895. The maximum atomic E-state index is 3.91. The maximum absolute atomic E-state index is 3.91. The van der Waals surface area contributed by atoms with Crippen LogP contribution in [0.2, 0.25) is 0 Å². The van der Waals surface area contributed by atoms with Crippen LogP contribution in [0.25, 0.3) is 0 Å². The summed E-state index contributed by atoms with van der Waals surface area (Å²) in [6.07, 6.45) is 8.81. The van der Waals surface area contributed by atoms with Gasteiger partial charge in [0, 0.05) is 5.54 Å². The lowest BCUT2D eigenvalue weighted by molar-refractivity contribution is 0.0898. The van der Waals surface area contributed by atoms with Gasteiger partial charge in [-0.05, 0) is 82.6 Å². The van der Waals surface area contributed by atoms with E-state index in [1.165, 1.54) is 38.6 Å². The lowest BCUT2D eigenvalue weighted by Gasteiger charge is -2.43. The van der Waals surface area contributed by atoms with Crippen molar-refractivity contribution in [2.24, 2.45) is 23.2 Å². The van der Waals surface area contributed by atoms with E-state index in [1.54, 1.807) is 0 Å². The van der Waals surface area contributed by atoms with E-state index < -0.39 is 0 Å². The van der Waals surface area contributed by atoms with Gasteiger partial charge in [-0.3, -0.25) is 0 Å². The van der Waals surface area contributed by atoms with Crippen molar-refractivity contribution in [1.29, 1.82) is 0 Å². The highest BCUT2D eigenvalue weighted by Gasteiger charge is 2.35. The molecule has 0 amide bonds. The van der Waals surface area contributed by atoms with Gasteiger partial charge in [0.25, 0.3) is 0 Å². The Morgan fingerprint density at radius 1 is 1.05 bits per heavy atom. The van der Waals surface area contributed by atoms with Crippen LogP contribution in [0.5, 0.6) is 0 Å². The first-order valence-corrected chi connectivity index (χ1v) is 8.49. The van der Waals surface area contributed by atoms with Crippen LogP contribution in [0.3, 0.4) is 0 Å². The topological polar surface area (TPSA) is 12.0 Å². The number of hydrogen-bond donors (Lipinski definition) is 1. The molecule has 0 aliphatic heterocycles. The van der Waals surface area contributed by atoms with Gasteiger partial charge in [-0.1, -0.05) is 26.8 Å². The Hall–Kier alpha value is -0.300. The first-order chi connectivity index (χ1) is 9.13. The number of nitrogens with one attached hydrogen (secondary N) is 1. The molecule has 20 heavy (non-hydrogen) atoms. The number of allylic oxidation sites excluding steroid dienone is 1. The Kier molecular flexibility index (Phi) is 6.31. The first kappa shape index (κ1) is 17.8.